The van der Waals surface area contributed by atoms with Crippen LogP contribution in [0.3, 0.4) is 0 Å². The topological polar surface area (TPSA) is 14.8 Å². The molecule has 0 saturated heterocycles. The van der Waals surface area contributed by atoms with E-state index >= 15 is 0 Å². The van der Waals surface area contributed by atoms with E-state index in [1.165, 1.54) is 88.0 Å². The zero-order chi connectivity index (χ0) is 38.6. The Kier molecular flexibility index (Phi) is 8.04. The standard InChI is InChI=1S/C55H39N3/c1-2-3-7-16-42-37-56(43-17-8-4-9-18-43)51-29-25-38(33-47(42)51)40-27-31-54-49(35-40)50-36-41(28-32-55(50)58(54)45-21-12-6-13-22-45)39-26-30-53-48(34-39)46-23-14-15-24-52(46)57(53)44-19-10-5-11-20-44/h2-37H,1H3/b3-2-,16-7-. The Hall–Kier alpha value is -7.62. The number of benzene rings is 8. The molecule has 3 aromatic heterocycles. The van der Waals surface area contributed by atoms with Gasteiger partial charge in [-0.05, 0) is 120 Å². The van der Waals surface area contributed by atoms with E-state index in [2.05, 4.69) is 232 Å². The van der Waals surface area contributed by atoms with Crippen molar-refractivity contribution in [3.63, 3.8) is 0 Å². The van der Waals surface area contributed by atoms with Crippen LogP contribution in [0, 0.1) is 0 Å². The molecule has 0 aliphatic carbocycles. The molecule has 0 saturated carbocycles. The molecule has 0 aliphatic rings. The van der Waals surface area contributed by atoms with Gasteiger partial charge in [0.25, 0.3) is 0 Å². The summed E-state index contributed by atoms with van der Waals surface area (Å²) in [4.78, 5) is 0. The summed E-state index contributed by atoms with van der Waals surface area (Å²) in [6, 6.07) is 68.5. The van der Waals surface area contributed by atoms with Crippen LogP contribution in [0.5, 0.6) is 0 Å². The van der Waals surface area contributed by atoms with Crippen molar-refractivity contribution in [2.75, 3.05) is 0 Å². The Bertz CT molecular complexity index is 3380. The van der Waals surface area contributed by atoms with Crippen molar-refractivity contribution in [1.82, 2.24) is 13.7 Å². The molecule has 0 N–H and O–H groups in total. The first-order valence-corrected chi connectivity index (χ1v) is 20.0. The zero-order valence-corrected chi connectivity index (χ0v) is 32.1. The van der Waals surface area contributed by atoms with Crippen molar-refractivity contribution in [3.8, 4) is 39.3 Å². The molecule has 0 radical (unpaired) electrons. The van der Waals surface area contributed by atoms with Crippen LogP contribution in [0.2, 0.25) is 0 Å². The molecule has 58 heavy (non-hydrogen) atoms. The van der Waals surface area contributed by atoms with Crippen molar-refractivity contribution in [1.29, 1.82) is 0 Å². The fourth-order valence-electron chi connectivity index (χ4n) is 8.89. The average molecular weight is 742 g/mol. The first-order valence-electron chi connectivity index (χ1n) is 20.0. The summed E-state index contributed by atoms with van der Waals surface area (Å²) in [6.45, 7) is 2.05. The molecule has 3 heterocycles. The fourth-order valence-corrected chi connectivity index (χ4v) is 8.89. The minimum Gasteiger partial charge on any atom is -0.316 e. The van der Waals surface area contributed by atoms with Gasteiger partial charge in [0.2, 0.25) is 0 Å². The lowest BCUT2D eigenvalue weighted by Crippen LogP contribution is -1.93. The van der Waals surface area contributed by atoms with E-state index in [4.69, 9.17) is 0 Å². The van der Waals surface area contributed by atoms with Crippen LogP contribution in [-0.4, -0.2) is 13.7 Å². The second-order valence-corrected chi connectivity index (χ2v) is 15.0. The average Bonchev–Trinajstić information content (AvgIpc) is 3.94. The third-order valence-corrected chi connectivity index (χ3v) is 11.6. The summed E-state index contributed by atoms with van der Waals surface area (Å²) in [5, 5.41) is 6.19. The number of hydrogen-bond donors (Lipinski definition) is 0. The molecule has 0 aliphatic heterocycles. The Morgan fingerprint density at radius 2 is 0.759 bits per heavy atom. The first kappa shape index (κ1) is 33.7. The Morgan fingerprint density at radius 3 is 1.28 bits per heavy atom. The van der Waals surface area contributed by atoms with Gasteiger partial charge < -0.3 is 13.7 Å². The smallest absolute Gasteiger partial charge is 0.0541 e. The van der Waals surface area contributed by atoms with E-state index < -0.39 is 0 Å². The highest BCUT2D eigenvalue weighted by molar-refractivity contribution is 6.13. The summed E-state index contributed by atoms with van der Waals surface area (Å²) in [5.41, 5.74) is 15.4. The summed E-state index contributed by atoms with van der Waals surface area (Å²) in [6.07, 6.45) is 10.7. The molecule has 0 spiro atoms. The lowest BCUT2D eigenvalue weighted by atomic mass is 9.98. The van der Waals surface area contributed by atoms with Gasteiger partial charge in [0.15, 0.2) is 0 Å². The lowest BCUT2D eigenvalue weighted by Gasteiger charge is -2.09. The van der Waals surface area contributed by atoms with Crippen molar-refractivity contribution >= 4 is 60.6 Å². The quantitative estimate of drug-likeness (QED) is 0.145. The third-order valence-electron chi connectivity index (χ3n) is 11.6. The van der Waals surface area contributed by atoms with E-state index in [-0.39, 0.29) is 0 Å². The van der Waals surface area contributed by atoms with Crippen LogP contribution >= 0.6 is 0 Å². The Balaban J connectivity index is 1.09. The first-order chi connectivity index (χ1) is 28.7. The molecular formula is C55H39N3. The van der Waals surface area contributed by atoms with Gasteiger partial charge in [-0.25, -0.2) is 0 Å². The number of para-hydroxylation sites is 4. The molecule has 0 atom stereocenters. The lowest BCUT2D eigenvalue weighted by molar-refractivity contribution is 1.13. The highest BCUT2D eigenvalue weighted by Gasteiger charge is 2.18. The summed E-state index contributed by atoms with van der Waals surface area (Å²) in [5.74, 6) is 0. The second kappa shape index (κ2) is 13.8. The van der Waals surface area contributed by atoms with Crippen molar-refractivity contribution in [2.45, 2.75) is 6.92 Å². The van der Waals surface area contributed by atoms with Crippen LogP contribution in [0.1, 0.15) is 12.5 Å². The van der Waals surface area contributed by atoms with Gasteiger partial charge in [0, 0.05) is 55.8 Å². The Labute approximate surface area is 337 Å². The third kappa shape index (κ3) is 5.51. The summed E-state index contributed by atoms with van der Waals surface area (Å²) >= 11 is 0. The number of hydrogen-bond acceptors (Lipinski definition) is 0. The van der Waals surface area contributed by atoms with E-state index in [1.807, 2.05) is 6.92 Å². The molecule has 11 aromatic rings. The number of nitrogens with zero attached hydrogens (tertiary/aromatic N) is 3. The van der Waals surface area contributed by atoms with Gasteiger partial charge in [-0.3, -0.25) is 0 Å². The maximum Gasteiger partial charge on any atom is 0.0541 e. The molecule has 0 amide bonds. The van der Waals surface area contributed by atoms with Gasteiger partial charge >= 0.3 is 0 Å². The van der Waals surface area contributed by atoms with Crippen LogP contribution in [0.15, 0.2) is 212 Å². The van der Waals surface area contributed by atoms with E-state index in [0.717, 1.165) is 11.4 Å². The number of allylic oxidation sites excluding steroid dienone is 3. The highest BCUT2D eigenvalue weighted by Crippen LogP contribution is 2.40. The molecule has 3 nitrogen and oxygen atoms in total. The van der Waals surface area contributed by atoms with Crippen molar-refractivity contribution < 1.29 is 0 Å². The second-order valence-electron chi connectivity index (χ2n) is 15.0. The summed E-state index contributed by atoms with van der Waals surface area (Å²) in [7, 11) is 0. The number of aromatic nitrogens is 3. The maximum atomic E-state index is 2.40. The molecule has 0 fully saturated rings. The van der Waals surface area contributed by atoms with Crippen molar-refractivity contribution in [3.05, 3.63) is 218 Å². The molecular weight excluding hydrogens is 703 g/mol. The highest BCUT2D eigenvalue weighted by atomic mass is 15.0. The van der Waals surface area contributed by atoms with Crippen LogP contribution in [0.4, 0.5) is 0 Å². The van der Waals surface area contributed by atoms with E-state index in [0.29, 0.717) is 0 Å². The van der Waals surface area contributed by atoms with Gasteiger partial charge in [-0.15, -0.1) is 0 Å². The van der Waals surface area contributed by atoms with Crippen molar-refractivity contribution in [2.24, 2.45) is 0 Å². The van der Waals surface area contributed by atoms with Crippen LogP contribution in [-0.2, 0) is 0 Å². The molecule has 3 heteroatoms. The molecule has 8 aromatic carbocycles. The van der Waals surface area contributed by atoms with Gasteiger partial charge in [0.05, 0.1) is 27.6 Å². The molecule has 11 rings (SSSR count). The monoisotopic (exact) mass is 741 g/mol. The van der Waals surface area contributed by atoms with E-state index in [9.17, 15) is 0 Å². The largest absolute Gasteiger partial charge is 0.316 e. The minimum absolute atomic E-state index is 1.15. The van der Waals surface area contributed by atoms with Gasteiger partial charge in [-0.2, -0.15) is 0 Å². The number of rotatable bonds is 7. The number of fused-ring (bicyclic) bond motifs is 7. The SMILES string of the molecule is C/C=C\C=C/c1cn(-c2ccccc2)c2ccc(-c3ccc4c(c3)c3cc(-c5ccc6c(c5)c5ccccc5n6-c5ccccc5)ccc3n4-c3ccccc3)cc12. The summed E-state index contributed by atoms with van der Waals surface area (Å²) < 4.78 is 7.08. The predicted molar refractivity (Wildman–Crippen MR) is 247 cm³/mol. The van der Waals surface area contributed by atoms with Crippen LogP contribution < -0.4 is 0 Å². The van der Waals surface area contributed by atoms with Gasteiger partial charge in [-0.1, -0.05) is 121 Å². The zero-order valence-electron chi connectivity index (χ0n) is 32.1. The predicted octanol–water partition coefficient (Wildman–Crippen LogP) is 14.7. The van der Waals surface area contributed by atoms with E-state index in [1.54, 1.807) is 0 Å². The fraction of sp³-hybridized carbons (Fsp3) is 0.0182. The molecule has 274 valence electrons. The Morgan fingerprint density at radius 1 is 0.345 bits per heavy atom. The minimum atomic E-state index is 1.15. The van der Waals surface area contributed by atoms with Crippen LogP contribution in [0.25, 0.3) is 99.9 Å². The normalized spacial score (nSPS) is 12.1. The molecule has 0 unspecified atom stereocenters. The van der Waals surface area contributed by atoms with Gasteiger partial charge in [0.1, 0.15) is 0 Å². The molecule has 0 bridgehead atoms. The maximum absolute atomic E-state index is 2.40.